The van der Waals surface area contributed by atoms with E-state index in [-0.39, 0.29) is 11.6 Å². The average Bonchev–Trinajstić information content (AvgIpc) is 2.77. The van der Waals surface area contributed by atoms with E-state index in [2.05, 4.69) is 0 Å². The number of nitrogens with zero attached hydrogens (tertiary/aromatic N) is 3. The lowest BCUT2D eigenvalue weighted by Gasteiger charge is -2.34. The molecule has 3 rings (SSSR count). The molecule has 0 bridgehead atoms. The molecule has 2 N–H and O–H groups in total. The summed E-state index contributed by atoms with van der Waals surface area (Å²) >= 11 is 0. The molecule has 2 saturated heterocycles. The van der Waals surface area contributed by atoms with Crippen LogP contribution in [0.1, 0.15) is 32.1 Å². The number of hydrogen-bond acceptors (Lipinski definition) is 7. The minimum absolute atomic E-state index is 0.0367. The number of piperidine rings is 2. The number of hydrogen-bond donors (Lipinski definition) is 1. The molecule has 10 nitrogen and oxygen atoms in total. The van der Waals surface area contributed by atoms with Crippen LogP contribution in [-0.2, 0) is 19.1 Å². The predicted molar refractivity (Wildman–Crippen MR) is 108 cm³/mol. The van der Waals surface area contributed by atoms with Gasteiger partial charge in [0, 0.05) is 25.7 Å². The molecule has 2 aliphatic rings. The molecule has 0 aromatic heterocycles. The molecule has 2 heterocycles. The van der Waals surface area contributed by atoms with Crippen molar-refractivity contribution in [2.24, 2.45) is 11.7 Å². The van der Waals surface area contributed by atoms with Crippen molar-refractivity contribution in [2.45, 2.75) is 38.1 Å². The molecule has 2 amide bonds. The average molecular weight is 418 g/mol. The molecule has 2 fully saturated rings. The van der Waals surface area contributed by atoms with Gasteiger partial charge in [0.25, 0.3) is 11.6 Å². The SMILES string of the molecule is NC(=O)[C@@H]1CCCCN1C(=O)COC(=O)C1CCN(c2ccccc2[N+](=O)[O-])CC1. The Morgan fingerprint density at radius 3 is 2.47 bits per heavy atom. The van der Waals surface area contributed by atoms with E-state index in [0.29, 0.717) is 44.6 Å². The maximum absolute atomic E-state index is 12.4. The number of ether oxygens (including phenoxy) is 1. The van der Waals surface area contributed by atoms with Gasteiger partial charge in [-0.3, -0.25) is 24.5 Å². The highest BCUT2D eigenvalue weighted by Crippen LogP contribution is 2.31. The Labute approximate surface area is 174 Å². The number of benzene rings is 1. The fourth-order valence-corrected chi connectivity index (χ4v) is 4.10. The molecule has 1 atom stereocenters. The molecule has 2 aliphatic heterocycles. The van der Waals surface area contributed by atoms with Crippen LogP contribution >= 0.6 is 0 Å². The van der Waals surface area contributed by atoms with Crippen LogP contribution in [0.25, 0.3) is 0 Å². The van der Waals surface area contributed by atoms with Gasteiger partial charge in [0.2, 0.25) is 5.91 Å². The standard InChI is InChI=1S/C20H26N4O6/c21-19(26)17-7-3-4-10-23(17)18(25)13-30-20(27)14-8-11-22(12-9-14)15-5-1-2-6-16(15)24(28)29/h1-2,5-6,14,17H,3-4,7-13H2,(H2,21,26)/t17-/m0/s1. The first kappa shape index (κ1) is 21.5. The number of rotatable bonds is 6. The molecule has 1 aromatic rings. The van der Waals surface area contributed by atoms with Gasteiger partial charge in [0.15, 0.2) is 6.61 Å². The van der Waals surface area contributed by atoms with Crippen LogP contribution in [0.3, 0.4) is 0 Å². The summed E-state index contributed by atoms with van der Waals surface area (Å²) in [7, 11) is 0. The highest BCUT2D eigenvalue weighted by atomic mass is 16.6. The van der Waals surface area contributed by atoms with Gasteiger partial charge in [0.1, 0.15) is 11.7 Å². The summed E-state index contributed by atoms with van der Waals surface area (Å²) in [5.74, 6) is -1.79. The Morgan fingerprint density at radius 2 is 1.80 bits per heavy atom. The number of esters is 1. The zero-order valence-corrected chi connectivity index (χ0v) is 16.7. The number of amides is 2. The minimum atomic E-state index is -0.644. The van der Waals surface area contributed by atoms with Crippen molar-refractivity contribution in [2.75, 3.05) is 31.1 Å². The Kier molecular flexibility index (Phi) is 6.86. The maximum Gasteiger partial charge on any atom is 0.309 e. The molecule has 10 heteroatoms. The first-order valence-electron chi connectivity index (χ1n) is 10.1. The molecule has 162 valence electrons. The summed E-state index contributed by atoms with van der Waals surface area (Å²) in [5.41, 5.74) is 5.94. The van der Waals surface area contributed by atoms with Gasteiger partial charge in [0.05, 0.1) is 10.8 Å². The van der Waals surface area contributed by atoms with Gasteiger partial charge in [-0.05, 0) is 38.2 Å². The summed E-state index contributed by atoms with van der Waals surface area (Å²) in [6.07, 6.45) is 3.10. The number of para-hydroxylation sites is 2. The van der Waals surface area contributed by atoms with Gasteiger partial charge in [-0.15, -0.1) is 0 Å². The van der Waals surface area contributed by atoms with Crippen molar-refractivity contribution in [3.63, 3.8) is 0 Å². The number of carbonyl (C=O) groups excluding carboxylic acids is 3. The lowest BCUT2D eigenvalue weighted by atomic mass is 9.96. The van der Waals surface area contributed by atoms with Crippen molar-refractivity contribution >= 4 is 29.2 Å². The Bertz CT molecular complexity index is 821. The summed E-state index contributed by atoms with van der Waals surface area (Å²) in [4.78, 5) is 50.4. The Morgan fingerprint density at radius 1 is 1.10 bits per heavy atom. The van der Waals surface area contributed by atoms with Gasteiger partial charge in [-0.1, -0.05) is 12.1 Å². The monoisotopic (exact) mass is 418 g/mol. The highest BCUT2D eigenvalue weighted by molar-refractivity contribution is 5.88. The van der Waals surface area contributed by atoms with Gasteiger partial charge >= 0.3 is 5.97 Å². The van der Waals surface area contributed by atoms with Crippen LogP contribution in [0.2, 0.25) is 0 Å². The maximum atomic E-state index is 12.4. The number of anilines is 1. The van der Waals surface area contributed by atoms with Gasteiger partial charge < -0.3 is 20.3 Å². The van der Waals surface area contributed by atoms with E-state index in [1.165, 1.54) is 11.0 Å². The number of nitro benzene ring substituents is 1. The molecule has 1 aromatic carbocycles. The van der Waals surface area contributed by atoms with Crippen molar-refractivity contribution in [1.82, 2.24) is 4.90 Å². The zero-order chi connectivity index (χ0) is 21.7. The van der Waals surface area contributed by atoms with E-state index >= 15 is 0 Å². The number of carbonyl (C=O) groups is 3. The molecular formula is C20H26N4O6. The number of primary amides is 1. The third-order valence-electron chi connectivity index (χ3n) is 5.74. The predicted octanol–water partition coefficient (Wildman–Crippen LogP) is 1.22. The van der Waals surface area contributed by atoms with Crippen LogP contribution in [0.4, 0.5) is 11.4 Å². The first-order valence-corrected chi connectivity index (χ1v) is 10.1. The van der Waals surface area contributed by atoms with Crippen LogP contribution < -0.4 is 10.6 Å². The molecule has 0 unspecified atom stereocenters. The second kappa shape index (κ2) is 9.55. The van der Waals surface area contributed by atoms with E-state index < -0.39 is 35.4 Å². The fraction of sp³-hybridized carbons (Fsp3) is 0.550. The van der Waals surface area contributed by atoms with Crippen molar-refractivity contribution < 1.29 is 24.0 Å². The van der Waals surface area contributed by atoms with Crippen molar-refractivity contribution in [1.29, 1.82) is 0 Å². The Balaban J connectivity index is 1.50. The smallest absolute Gasteiger partial charge is 0.309 e. The van der Waals surface area contributed by atoms with Gasteiger partial charge in [-0.2, -0.15) is 0 Å². The lowest BCUT2D eigenvalue weighted by molar-refractivity contribution is -0.384. The van der Waals surface area contributed by atoms with E-state index in [4.69, 9.17) is 10.5 Å². The van der Waals surface area contributed by atoms with E-state index in [1.807, 2.05) is 4.90 Å². The summed E-state index contributed by atoms with van der Waals surface area (Å²) < 4.78 is 5.22. The number of nitrogens with two attached hydrogens (primary N) is 1. The van der Waals surface area contributed by atoms with Crippen LogP contribution in [0.5, 0.6) is 0 Å². The number of likely N-dealkylation sites (tertiary alicyclic amines) is 1. The zero-order valence-electron chi connectivity index (χ0n) is 16.7. The van der Waals surface area contributed by atoms with Crippen LogP contribution in [0, 0.1) is 16.0 Å². The molecule has 0 radical (unpaired) electrons. The third-order valence-corrected chi connectivity index (χ3v) is 5.74. The van der Waals surface area contributed by atoms with E-state index in [1.54, 1.807) is 18.2 Å². The second-order valence-corrected chi connectivity index (χ2v) is 7.62. The first-order chi connectivity index (χ1) is 14.4. The van der Waals surface area contributed by atoms with Crippen LogP contribution in [-0.4, -0.2) is 59.9 Å². The van der Waals surface area contributed by atoms with Crippen molar-refractivity contribution in [3.8, 4) is 0 Å². The summed E-state index contributed by atoms with van der Waals surface area (Å²) in [5, 5.41) is 11.2. The topological polar surface area (TPSA) is 136 Å². The molecule has 0 saturated carbocycles. The van der Waals surface area contributed by atoms with Crippen LogP contribution in [0.15, 0.2) is 24.3 Å². The lowest BCUT2D eigenvalue weighted by Crippen LogP contribution is -2.51. The third kappa shape index (κ3) is 4.87. The molecule has 0 spiro atoms. The normalized spacial score (nSPS) is 19.9. The second-order valence-electron chi connectivity index (χ2n) is 7.62. The largest absolute Gasteiger partial charge is 0.455 e. The van der Waals surface area contributed by atoms with Gasteiger partial charge in [-0.25, -0.2) is 0 Å². The van der Waals surface area contributed by atoms with E-state index in [0.717, 1.165) is 12.8 Å². The Hall–Kier alpha value is -3.17. The van der Waals surface area contributed by atoms with E-state index in [9.17, 15) is 24.5 Å². The summed E-state index contributed by atoms with van der Waals surface area (Å²) in [6.45, 7) is 0.980. The molecule has 0 aliphatic carbocycles. The number of nitro groups is 1. The molecule has 30 heavy (non-hydrogen) atoms. The minimum Gasteiger partial charge on any atom is -0.455 e. The summed E-state index contributed by atoms with van der Waals surface area (Å²) in [6, 6.07) is 5.88. The van der Waals surface area contributed by atoms with Crippen molar-refractivity contribution in [3.05, 3.63) is 34.4 Å². The fourth-order valence-electron chi connectivity index (χ4n) is 4.10. The quantitative estimate of drug-likeness (QED) is 0.417. The highest BCUT2D eigenvalue weighted by Gasteiger charge is 2.33. The molecular weight excluding hydrogens is 392 g/mol.